The number of anilines is 1. The van der Waals surface area contributed by atoms with Gasteiger partial charge in [0.1, 0.15) is 12.1 Å². The number of hydrogen-bond donors (Lipinski definition) is 2. The third kappa shape index (κ3) is 4.64. The molecule has 2 aromatic carbocycles. The second-order valence-corrected chi connectivity index (χ2v) is 8.22. The van der Waals surface area contributed by atoms with Crippen LogP contribution >= 0.6 is 0 Å². The normalized spacial score (nSPS) is 17.8. The van der Waals surface area contributed by atoms with Crippen LogP contribution in [0.2, 0.25) is 0 Å². The fourth-order valence-corrected chi connectivity index (χ4v) is 3.63. The minimum Gasteiger partial charge on any atom is -0.345 e. The molecule has 0 aliphatic carbocycles. The number of imide groups is 1. The SMILES string of the molecule is CCCc1ccc([C@@]2(C)NC(=O)N(CC(=O)Nc3ccc(C(=O)N(C)C)cc3)C2=O)cc1. The molecule has 1 fully saturated rings. The Morgan fingerprint density at radius 3 is 2.22 bits per heavy atom. The van der Waals surface area contributed by atoms with Gasteiger partial charge in [0.25, 0.3) is 11.8 Å². The van der Waals surface area contributed by atoms with Gasteiger partial charge in [0.15, 0.2) is 0 Å². The van der Waals surface area contributed by atoms with Gasteiger partial charge in [-0.05, 0) is 48.7 Å². The molecular weight excluding hydrogens is 408 g/mol. The molecule has 5 amide bonds. The lowest BCUT2D eigenvalue weighted by atomic mass is 9.91. The molecule has 2 aromatic rings. The Kier molecular flexibility index (Phi) is 6.62. The highest BCUT2D eigenvalue weighted by atomic mass is 16.2. The maximum atomic E-state index is 13.0. The van der Waals surface area contributed by atoms with Crippen LogP contribution in [-0.4, -0.2) is 54.2 Å². The molecule has 0 spiro atoms. The molecule has 0 aromatic heterocycles. The van der Waals surface area contributed by atoms with Gasteiger partial charge in [0.05, 0.1) is 0 Å². The van der Waals surface area contributed by atoms with Crippen molar-refractivity contribution < 1.29 is 19.2 Å². The van der Waals surface area contributed by atoms with E-state index < -0.39 is 29.9 Å². The summed E-state index contributed by atoms with van der Waals surface area (Å²) >= 11 is 0. The number of carbonyl (C=O) groups is 4. The molecule has 1 heterocycles. The smallest absolute Gasteiger partial charge is 0.325 e. The van der Waals surface area contributed by atoms with Crippen LogP contribution in [0.4, 0.5) is 10.5 Å². The van der Waals surface area contributed by atoms with Gasteiger partial charge in [-0.2, -0.15) is 0 Å². The summed E-state index contributed by atoms with van der Waals surface area (Å²) in [6.45, 7) is 3.32. The number of aryl methyl sites for hydroxylation is 1. The molecule has 0 bridgehead atoms. The average Bonchev–Trinajstić information content (AvgIpc) is 2.98. The summed E-state index contributed by atoms with van der Waals surface area (Å²) in [6.07, 6.45) is 1.96. The first-order valence-electron chi connectivity index (χ1n) is 10.5. The fraction of sp³-hybridized carbons (Fsp3) is 0.333. The molecule has 0 saturated carbocycles. The number of benzene rings is 2. The third-order valence-electron chi connectivity index (χ3n) is 5.47. The van der Waals surface area contributed by atoms with E-state index in [9.17, 15) is 19.2 Å². The molecule has 0 unspecified atom stereocenters. The van der Waals surface area contributed by atoms with Gasteiger partial charge >= 0.3 is 6.03 Å². The number of nitrogens with zero attached hydrogens (tertiary/aromatic N) is 2. The molecule has 1 aliphatic rings. The summed E-state index contributed by atoms with van der Waals surface area (Å²) < 4.78 is 0. The topological polar surface area (TPSA) is 98.8 Å². The van der Waals surface area contributed by atoms with Crippen molar-refractivity contribution in [2.24, 2.45) is 0 Å². The maximum Gasteiger partial charge on any atom is 0.325 e. The van der Waals surface area contributed by atoms with Gasteiger partial charge in [-0.15, -0.1) is 0 Å². The molecule has 32 heavy (non-hydrogen) atoms. The summed E-state index contributed by atoms with van der Waals surface area (Å²) in [4.78, 5) is 52.4. The summed E-state index contributed by atoms with van der Waals surface area (Å²) in [6, 6.07) is 13.4. The van der Waals surface area contributed by atoms with Crippen LogP contribution in [0.15, 0.2) is 48.5 Å². The molecule has 1 aliphatic heterocycles. The van der Waals surface area contributed by atoms with Crippen molar-refractivity contribution >= 4 is 29.4 Å². The number of nitrogens with one attached hydrogen (secondary N) is 2. The molecule has 0 radical (unpaired) electrons. The number of amides is 5. The van der Waals surface area contributed by atoms with Crippen LogP contribution in [0, 0.1) is 0 Å². The van der Waals surface area contributed by atoms with Crippen molar-refractivity contribution in [3.8, 4) is 0 Å². The standard InChI is InChI=1S/C24H28N4O4/c1-5-6-16-7-11-18(12-8-16)24(2)22(31)28(23(32)26-24)15-20(29)25-19-13-9-17(10-14-19)21(30)27(3)4/h7-14H,5-6,15H2,1-4H3,(H,25,29)(H,26,32)/t24-/m1/s1. The molecule has 2 N–H and O–H groups in total. The van der Waals surface area contributed by atoms with E-state index in [4.69, 9.17) is 0 Å². The van der Waals surface area contributed by atoms with Crippen LogP contribution in [0.25, 0.3) is 0 Å². The Balaban J connectivity index is 1.67. The third-order valence-corrected chi connectivity index (χ3v) is 5.47. The first-order chi connectivity index (χ1) is 15.2. The van der Waals surface area contributed by atoms with Crippen LogP contribution in [0.1, 0.15) is 41.8 Å². The minimum atomic E-state index is -1.23. The van der Waals surface area contributed by atoms with Crippen molar-refractivity contribution in [2.45, 2.75) is 32.2 Å². The fourth-order valence-electron chi connectivity index (χ4n) is 3.63. The predicted molar refractivity (Wildman–Crippen MR) is 121 cm³/mol. The molecule has 168 valence electrons. The zero-order valence-corrected chi connectivity index (χ0v) is 18.8. The van der Waals surface area contributed by atoms with E-state index in [1.54, 1.807) is 45.3 Å². The van der Waals surface area contributed by atoms with E-state index in [1.807, 2.05) is 24.3 Å². The Morgan fingerprint density at radius 2 is 1.66 bits per heavy atom. The Morgan fingerprint density at radius 1 is 1.03 bits per heavy atom. The number of rotatable bonds is 7. The average molecular weight is 437 g/mol. The van der Waals surface area contributed by atoms with E-state index >= 15 is 0 Å². The Hall–Kier alpha value is -3.68. The van der Waals surface area contributed by atoms with E-state index in [2.05, 4.69) is 17.6 Å². The minimum absolute atomic E-state index is 0.149. The monoisotopic (exact) mass is 436 g/mol. The predicted octanol–water partition coefficient (Wildman–Crippen LogP) is 2.75. The van der Waals surface area contributed by atoms with Gasteiger partial charge in [-0.3, -0.25) is 19.3 Å². The Labute approximate surface area is 187 Å². The second kappa shape index (κ2) is 9.21. The number of carbonyl (C=O) groups excluding carboxylic acids is 4. The van der Waals surface area contributed by atoms with Crippen LogP contribution in [-0.2, 0) is 21.5 Å². The van der Waals surface area contributed by atoms with Crippen molar-refractivity contribution in [1.29, 1.82) is 0 Å². The van der Waals surface area contributed by atoms with E-state index in [0.717, 1.165) is 23.3 Å². The second-order valence-electron chi connectivity index (χ2n) is 8.22. The summed E-state index contributed by atoms with van der Waals surface area (Å²) in [5, 5.41) is 5.37. The quantitative estimate of drug-likeness (QED) is 0.652. The van der Waals surface area contributed by atoms with Crippen molar-refractivity contribution in [1.82, 2.24) is 15.1 Å². The molecule has 8 heteroatoms. The van der Waals surface area contributed by atoms with Crippen LogP contribution < -0.4 is 10.6 Å². The Bertz CT molecular complexity index is 1030. The van der Waals surface area contributed by atoms with E-state index in [1.165, 1.54) is 4.90 Å². The summed E-state index contributed by atoms with van der Waals surface area (Å²) in [5.41, 5.74) is 1.55. The maximum absolute atomic E-state index is 13.0. The van der Waals surface area contributed by atoms with Crippen molar-refractivity contribution in [3.05, 3.63) is 65.2 Å². The van der Waals surface area contributed by atoms with Gasteiger partial charge < -0.3 is 15.5 Å². The van der Waals surface area contributed by atoms with E-state index in [0.29, 0.717) is 16.8 Å². The molecule has 8 nitrogen and oxygen atoms in total. The summed E-state index contributed by atoms with van der Waals surface area (Å²) in [5.74, 6) is -1.14. The van der Waals surface area contributed by atoms with Crippen molar-refractivity contribution in [2.75, 3.05) is 26.0 Å². The highest BCUT2D eigenvalue weighted by Gasteiger charge is 2.49. The molecule has 1 atom stereocenters. The number of hydrogen-bond acceptors (Lipinski definition) is 4. The van der Waals surface area contributed by atoms with Gasteiger partial charge in [-0.25, -0.2) is 4.79 Å². The highest BCUT2D eigenvalue weighted by molar-refractivity contribution is 6.10. The molecule has 1 saturated heterocycles. The van der Waals surface area contributed by atoms with E-state index in [-0.39, 0.29) is 5.91 Å². The zero-order valence-electron chi connectivity index (χ0n) is 18.8. The largest absolute Gasteiger partial charge is 0.345 e. The van der Waals surface area contributed by atoms with Gasteiger partial charge in [0.2, 0.25) is 5.91 Å². The van der Waals surface area contributed by atoms with Gasteiger partial charge in [-0.1, -0.05) is 37.6 Å². The lowest BCUT2D eigenvalue weighted by molar-refractivity contribution is -0.133. The first kappa shape index (κ1) is 23.0. The van der Waals surface area contributed by atoms with Gasteiger partial charge in [0, 0.05) is 25.3 Å². The van der Waals surface area contributed by atoms with Crippen LogP contribution in [0.3, 0.4) is 0 Å². The summed E-state index contributed by atoms with van der Waals surface area (Å²) in [7, 11) is 3.31. The molecular formula is C24H28N4O4. The molecule has 3 rings (SSSR count). The number of urea groups is 1. The lowest BCUT2D eigenvalue weighted by Crippen LogP contribution is -2.42. The highest BCUT2D eigenvalue weighted by Crippen LogP contribution is 2.29. The lowest BCUT2D eigenvalue weighted by Gasteiger charge is -2.22. The zero-order chi connectivity index (χ0) is 23.5. The van der Waals surface area contributed by atoms with Crippen LogP contribution in [0.5, 0.6) is 0 Å². The first-order valence-corrected chi connectivity index (χ1v) is 10.5. The van der Waals surface area contributed by atoms with Crippen molar-refractivity contribution in [3.63, 3.8) is 0 Å².